The van der Waals surface area contributed by atoms with Crippen LogP contribution in [0.2, 0.25) is 0 Å². The summed E-state index contributed by atoms with van der Waals surface area (Å²) in [6.07, 6.45) is 16.5. The Hall–Kier alpha value is -5.96. The molecular formula is C68H87NS. The first-order chi connectivity index (χ1) is 33.3. The van der Waals surface area contributed by atoms with E-state index >= 15 is 0 Å². The molecule has 1 N–H and O–H groups in total. The number of allylic oxidation sites excluding steroid dienone is 9. The SMILES string of the molecule is C/C=C(\C)C(C)(C)C.C/C=C\C.C=C(/C=C\C(=N)C/C=C\C(C)C)c1ccc2ccc(-c3c4ccccc4c(-c4cccc(C(C)(C)C)c4)c4ccccc34)cc2c1.CC.CS.Cc1ccccc1C. The van der Waals surface area contributed by atoms with Crippen LogP contribution in [0.25, 0.3) is 60.1 Å². The number of aryl methyl sites for hydroxylation is 2. The van der Waals surface area contributed by atoms with E-state index in [4.69, 9.17) is 5.41 Å². The molecule has 1 nitrogen and oxygen atoms in total. The highest BCUT2D eigenvalue weighted by atomic mass is 32.1. The van der Waals surface area contributed by atoms with Crippen LogP contribution in [0.1, 0.15) is 126 Å². The molecule has 0 saturated carbocycles. The number of hydrogen-bond acceptors (Lipinski definition) is 2. The molecule has 0 heterocycles. The zero-order valence-corrected chi connectivity index (χ0v) is 47.1. The van der Waals surface area contributed by atoms with Gasteiger partial charge in [-0.15, -0.1) is 0 Å². The van der Waals surface area contributed by atoms with Crippen LogP contribution >= 0.6 is 12.6 Å². The molecule has 0 unspecified atom stereocenters. The van der Waals surface area contributed by atoms with Gasteiger partial charge >= 0.3 is 0 Å². The minimum absolute atomic E-state index is 0.0686. The first kappa shape index (κ1) is 60.2. The Kier molecular flexibility index (Phi) is 25.7. The van der Waals surface area contributed by atoms with Crippen LogP contribution in [0.3, 0.4) is 0 Å². The van der Waals surface area contributed by atoms with Crippen molar-refractivity contribution in [3.63, 3.8) is 0 Å². The first-order valence-corrected chi connectivity index (χ1v) is 26.1. The van der Waals surface area contributed by atoms with Crippen molar-refractivity contribution in [2.75, 3.05) is 6.26 Å². The van der Waals surface area contributed by atoms with Crippen molar-refractivity contribution in [1.29, 1.82) is 5.41 Å². The maximum atomic E-state index is 8.30. The highest BCUT2D eigenvalue weighted by Crippen LogP contribution is 2.44. The Balaban J connectivity index is 0.000000578. The summed E-state index contributed by atoms with van der Waals surface area (Å²) >= 11 is 3.53. The predicted molar refractivity (Wildman–Crippen MR) is 325 cm³/mol. The lowest BCUT2D eigenvalue weighted by atomic mass is 9.82. The molecule has 0 bridgehead atoms. The Morgan fingerprint density at radius 3 is 1.49 bits per heavy atom. The second-order valence-corrected chi connectivity index (χ2v) is 19.7. The topological polar surface area (TPSA) is 23.9 Å². The third-order valence-corrected chi connectivity index (χ3v) is 12.2. The van der Waals surface area contributed by atoms with E-state index < -0.39 is 0 Å². The van der Waals surface area contributed by atoms with Crippen LogP contribution in [0, 0.1) is 30.6 Å². The predicted octanol–water partition coefficient (Wildman–Crippen LogP) is 21.4. The summed E-state index contributed by atoms with van der Waals surface area (Å²) in [5, 5.41) is 15.7. The van der Waals surface area contributed by atoms with E-state index in [1.807, 2.05) is 52.0 Å². The smallest absolute Gasteiger partial charge is 0.0351 e. The third-order valence-electron chi connectivity index (χ3n) is 12.2. The molecule has 7 aromatic rings. The fraction of sp³-hybridized carbons (Fsp3) is 0.309. The van der Waals surface area contributed by atoms with E-state index in [0.717, 1.165) is 11.1 Å². The van der Waals surface area contributed by atoms with Crippen molar-refractivity contribution < 1.29 is 0 Å². The van der Waals surface area contributed by atoms with Gasteiger partial charge in [-0.1, -0.05) is 239 Å². The second kappa shape index (κ2) is 29.9. The van der Waals surface area contributed by atoms with Gasteiger partial charge < -0.3 is 5.41 Å². The molecule has 370 valence electrons. The number of rotatable bonds is 8. The first-order valence-electron chi connectivity index (χ1n) is 25.2. The maximum Gasteiger partial charge on any atom is 0.0351 e. The van der Waals surface area contributed by atoms with E-state index in [-0.39, 0.29) is 5.41 Å². The molecular weight excluding hydrogens is 863 g/mol. The molecule has 0 spiro atoms. The number of nitrogens with one attached hydrogen (secondary N) is 1. The molecule has 2 heteroatoms. The van der Waals surface area contributed by atoms with Crippen molar-refractivity contribution in [2.24, 2.45) is 11.3 Å². The molecule has 7 rings (SSSR count). The van der Waals surface area contributed by atoms with E-state index in [9.17, 15) is 0 Å². The van der Waals surface area contributed by atoms with Gasteiger partial charge in [0.2, 0.25) is 0 Å². The lowest BCUT2D eigenvalue weighted by Gasteiger charge is -2.22. The Labute approximate surface area is 432 Å². The highest BCUT2D eigenvalue weighted by molar-refractivity contribution is 7.79. The van der Waals surface area contributed by atoms with Crippen molar-refractivity contribution in [1.82, 2.24) is 0 Å². The van der Waals surface area contributed by atoms with Crippen LogP contribution < -0.4 is 0 Å². The van der Waals surface area contributed by atoms with Crippen LogP contribution in [0.4, 0.5) is 0 Å². The summed E-state index contributed by atoms with van der Waals surface area (Å²) in [6.45, 7) is 38.6. The molecule has 0 amide bonds. The normalized spacial score (nSPS) is 11.5. The molecule has 7 aromatic carbocycles. The summed E-state index contributed by atoms with van der Waals surface area (Å²) < 4.78 is 0. The molecule has 0 aliphatic rings. The third kappa shape index (κ3) is 18.1. The molecule has 70 heavy (non-hydrogen) atoms. The minimum Gasteiger partial charge on any atom is -0.305 e. The van der Waals surface area contributed by atoms with E-state index in [0.29, 0.717) is 23.5 Å². The zero-order chi connectivity index (χ0) is 52.6. The fourth-order valence-electron chi connectivity index (χ4n) is 7.42. The highest BCUT2D eigenvalue weighted by Gasteiger charge is 2.19. The summed E-state index contributed by atoms with van der Waals surface area (Å²) in [6, 6.07) is 48.5. The van der Waals surface area contributed by atoms with Crippen LogP contribution in [-0.2, 0) is 5.41 Å². The summed E-state index contributed by atoms with van der Waals surface area (Å²) in [5.74, 6) is 0.494. The number of benzene rings is 7. The van der Waals surface area contributed by atoms with Crippen molar-refractivity contribution in [3.8, 4) is 22.3 Å². The number of thiol groups is 1. The molecule has 0 aliphatic carbocycles. The fourth-order valence-corrected chi connectivity index (χ4v) is 7.42. The number of fused-ring (bicyclic) bond motifs is 3. The van der Waals surface area contributed by atoms with Gasteiger partial charge in [-0.2, -0.15) is 12.6 Å². The average Bonchev–Trinajstić information content (AvgIpc) is 3.36. The van der Waals surface area contributed by atoms with Crippen molar-refractivity contribution in [3.05, 3.63) is 210 Å². The van der Waals surface area contributed by atoms with Gasteiger partial charge in [0.05, 0.1) is 0 Å². The van der Waals surface area contributed by atoms with Gasteiger partial charge in [-0.25, -0.2) is 0 Å². The second-order valence-electron chi connectivity index (χ2n) is 19.7. The summed E-state index contributed by atoms with van der Waals surface area (Å²) in [7, 11) is 0. The standard InChI is InChI=1S/C45H43N.C8H10.C8H16.C4H8.C2H6.CH4S/c1-30(2)13-11-16-38(46)26-21-31(3)33-24-22-32-23-25-35(28-36(32)27-33)44-41-19-9-7-17-39(41)43(40-18-8-10-20-42(40)44)34-14-12-15-37(29-34)45(4,5)6;1-7-5-3-4-6-8(7)2;1-6-7(2)8(3,4)5;1-3-4-2;2*1-2/h7-15,17-30,46H,3,16H2,1-2,4-6H3;3-6H,1-2H3;6H,1-5H3;3-4H,1-2H3;1-2H3;2H,1H3/b13-11-,26-21-,46-38?;;7-6+;4-3-;;. The zero-order valence-electron chi connectivity index (χ0n) is 46.2. The van der Waals surface area contributed by atoms with E-state index in [1.165, 1.54) is 76.8 Å². The van der Waals surface area contributed by atoms with Gasteiger partial charge in [0, 0.05) is 12.1 Å². The molecule has 0 fully saturated rings. The van der Waals surface area contributed by atoms with Gasteiger partial charge in [0.25, 0.3) is 0 Å². The molecule has 0 aliphatic heterocycles. The van der Waals surface area contributed by atoms with E-state index in [2.05, 4.69) is 254 Å². The molecule has 0 aromatic heterocycles. The Morgan fingerprint density at radius 2 is 1.07 bits per heavy atom. The Bertz CT molecular complexity index is 2780. The maximum absolute atomic E-state index is 8.30. The lowest BCUT2D eigenvalue weighted by Crippen LogP contribution is -2.10. The van der Waals surface area contributed by atoms with Crippen LogP contribution in [0.15, 0.2) is 188 Å². The molecule has 0 saturated heterocycles. The number of hydrogen-bond donors (Lipinski definition) is 2. The summed E-state index contributed by atoms with van der Waals surface area (Å²) in [4.78, 5) is 0. The average molecular weight is 951 g/mol. The van der Waals surface area contributed by atoms with Crippen LogP contribution in [0.5, 0.6) is 0 Å². The Morgan fingerprint density at radius 1 is 0.600 bits per heavy atom. The van der Waals surface area contributed by atoms with Crippen molar-refractivity contribution >= 4 is 56.2 Å². The minimum atomic E-state index is 0.0686. The largest absolute Gasteiger partial charge is 0.305 e. The van der Waals surface area contributed by atoms with Crippen LogP contribution in [-0.4, -0.2) is 12.0 Å². The van der Waals surface area contributed by atoms with Gasteiger partial charge in [0.15, 0.2) is 0 Å². The van der Waals surface area contributed by atoms with E-state index in [1.54, 1.807) is 6.26 Å². The van der Waals surface area contributed by atoms with Gasteiger partial charge in [-0.05, 0) is 165 Å². The monoisotopic (exact) mass is 950 g/mol. The summed E-state index contributed by atoms with van der Waals surface area (Å²) in [5.41, 5.74) is 13.5. The molecule has 0 radical (unpaired) electrons. The van der Waals surface area contributed by atoms with Gasteiger partial charge in [-0.3, -0.25) is 0 Å². The molecule has 0 atom stereocenters. The van der Waals surface area contributed by atoms with Crippen molar-refractivity contribution in [2.45, 2.75) is 123 Å². The van der Waals surface area contributed by atoms with Gasteiger partial charge in [0.1, 0.15) is 0 Å². The lowest BCUT2D eigenvalue weighted by molar-refractivity contribution is 0.503. The quantitative estimate of drug-likeness (QED) is 0.0499.